The van der Waals surface area contributed by atoms with E-state index in [9.17, 15) is 10.1 Å². The van der Waals surface area contributed by atoms with E-state index < -0.39 is 4.92 Å². The second kappa shape index (κ2) is 5.57. The van der Waals surface area contributed by atoms with Gasteiger partial charge in [-0.05, 0) is 23.1 Å². The molecule has 0 N–H and O–H groups in total. The Morgan fingerprint density at radius 3 is 2.95 bits per heavy atom. The average Bonchev–Trinajstić information content (AvgIpc) is 3.07. The summed E-state index contributed by atoms with van der Waals surface area (Å²) in [5, 5.41) is 19.3. The molecule has 2 heterocycles. The Morgan fingerprint density at radius 1 is 1.41 bits per heavy atom. The molecule has 0 saturated heterocycles. The molecule has 0 atom stereocenters. The van der Waals surface area contributed by atoms with Crippen LogP contribution in [0.1, 0.15) is 11.7 Å². The summed E-state index contributed by atoms with van der Waals surface area (Å²) < 4.78 is 6.93. The second-order valence-electron chi connectivity index (χ2n) is 4.52. The number of halogens is 1. The lowest BCUT2D eigenvalue weighted by Gasteiger charge is -1.99. The molecule has 2 aromatic heterocycles. The Morgan fingerprint density at radius 2 is 2.23 bits per heavy atom. The van der Waals surface area contributed by atoms with Crippen molar-refractivity contribution in [3.05, 3.63) is 57.3 Å². The van der Waals surface area contributed by atoms with E-state index in [0.29, 0.717) is 22.3 Å². The maximum absolute atomic E-state index is 11.0. The van der Waals surface area contributed by atoms with Crippen LogP contribution in [-0.4, -0.2) is 24.7 Å². The molecular weight excluding hydrogens is 310 g/mol. The molecule has 0 aliphatic rings. The Kier molecular flexibility index (Phi) is 3.60. The van der Waals surface area contributed by atoms with Gasteiger partial charge < -0.3 is 14.5 Å². The van der Waals surface area contributed by atoms with Crippen molar-refractivity contribution in [2.75, 3.05) is 0 Å². The fraction of sp³-hybridized carbons (Fsp3) is 0.154. The molecule has 0 bridgehead atoms. The van der Waals surface area contributed by atoms with Crippen molar-refractivity contribution in [3.8, 4) is 11.5 Å². The quantitative estimate of drug-likeness (QED) is 0.541. The molecule has 0 radical (unpaired) electrons. The molecule has 0 unspecified atom stereocenters. The average molecular weight is 320 g/mol. The van der Waals surface area contributed by atoms with Crippen LogP contribution >= 0.6 is 11.6 Å². The standard InChI is InChI=1S/C13H10ClN5O3/c1-8-15-6-12(19(20)21)18(8)7-11-16-17-13(22-11)9-3-2-4-10(14)5-9/h2-6H,7H2,1H3. The van der Waals surface area contributed by atoms with Crippen LogP contribution in [0.25, 0.3) is 11.5 Å². The first kappa shape index (κ1) is 14.2. The molecule has 0 fully saturated rings. The predicted molar refractivity (Wildman–Crippen MR) is 77.5 cm³/mol. The van der Waals surface area contributed by atoms with Crippen molar-refractivity contribution in [1.82, 2.24) is 19.7 Å². The fourth-order valence-electron chi connectivity index (χ4n) is 1.99. The minimum atomic E-state index is -0.506. The van der Waals surface area contributed by atoms with Gasteiger partial charge in [0, 0.05) is 17.5 Å². The number of aryl methyl sites for hydroxylation is 1. The van der Waals surface area contributed by atoms with Gasteiger partial charge in [-0.15, -0.1) is 10.2 Å². The Hall–Kier alpha value is -2.74. The lowest BCUT2D eigenvalue weighted by atomic mass is 10.2. The lowest BCUT2D eigenvalue weighted by molar-refractivity contribution is -0.392. The minimum Gasteiger partial charge on any atom is -0.416 e. The van der Waals surface area contributed by atoms with Crippen molar-refractivity contribution >= 4 is 17.4 Å². The first-order valence-electron chi connectivity index (χ1n) is 6.29. The van der Waals surface area contributed by atoms with Crippen molar-refractivity contribution in [1.29, 1.82) is 0 Å². The van der Waals surface area contributed by atoms with E-state index in [-0.39, 0.29) is 18.3 Å². The fourth-order valence-corrected chi connectivity index (χ4v) is 2.18. The Bertz CT molecular complexity index is 842. The van der Waals surface area contributed by atoms with Gasteiger partial charge in [0.1, 0.15) is 6.20 Å². The van der Waals surface area contributed by atoms with Gasteiger partial charge in [-0.1, -0.05) is 17.7 Å². The summed E-state index contributed by atoms with van der Waals surface area (Å²) in [5.74, 6) is 0.923. The topological polar surface area (TPSA) is 99.9 Å². The van der Waals surface area contributed by atoms with Crippen molar-refractivity contribution < 1.29 is 9.34 Å². The van der Waals surface area contributed by atoms with Crippen LogP contribution in [0.15, 0.2) is 34.9 Å². The third kappa shape index (κ3) is 2.68. The van der Waals surface area contributed by atoms with Crippen molar-refractivity contribution in [3.63, 3.8) is 0 Å². The van der Waals surface area contributed by atoms with Crippen LogP contribution in [0.2, 0.25) is 5.02 Å². The summed E-state index contributed by atoms with van der Waals surface area (Å²) in [6, 6.07) is 6.99. The van der Waals surface area contributed by atoms with Crippen LogP contribution in [0.5, 0.6) is 0 Å². The van der Waals surface area contributed by atoms with E-state index in [2.05, 4.69) is 15.2 Å². The summed E-state index contributed by atoms with van der Waals surface area (Å²) in [5.41, 5.74) is 0.683. The monoisotopic (exact) mass is 319 g/mol. The van der Waals surface area contributed by atoms with Gasteiger partial charge in [-0.2, -0.15) is 0 Å². The molecule has 0 amide bonds. The minimum absolute atomic E-state index is 0.0791. The van der Waals surface area contributed by atoms with Gasteiger partial charge in [-0.25, -0.2) is 9.55 Å². The molecule has 9 heteroatoms. The number of benzene rings is 1. The predicted octanol–water partition coefficient (Wildman–Crippen LogP) is 2.85. The van der Waals surface area contributed by atoms with E-state index in [1.54, 1.807) is 31.2 Å². The second-order valence-corrected chi connectivity index (χ2v) is 4.95. The van der Waals surface area contributed by atoms with Gasteiger partial charge in [0.2, 0.25) is 5.89 Å². The number of rotatable bonds is 4. The molecule has 1 aromatic carbocycles. The smallest absolute Gasteiger partial charge is 0.343 e. The van der Waals surface area contributed by atoms with Gasteiger partial charge >= 0.3 is 5.82 Å². The number of nitrogens with zero attached hydrogens (tertiary/aromatic N) is 5. The third-order valence-electron chi connectivity index (χ3n) is 3.05. The van der Waals surface area contributed by atoms with E-state index in [1.165, 1.54) is 10.8 Å². The van der Waals surface area contributed by atoms with Crippen LogP contribution in [0.3, 0.4) is 0 Å². The SMILES string of the molecule is Cc1ncc([N+](=O)[O-])n1Cc1nnc(-c2cccc(Cl)c2)o1. The normalized spacial score (nSPS) is 10.8. The molecule has 22 heavy (non-hydrogen) atoms. The first-order chi connectivity index (χ1) is 10.5. The highest BCUT2D eigenvalue weighted by atomic mass is 35.5. The molecule has 3 aromatic rings. The highest BCUT2D eigenvalue weighted by Crippen LogP contribution is 2.22. The lowest BCUT2D eigenvalue weighted by Crippen LogP contribution is -2.06. The number of hydrogen-bond donors (Lipinski definition) is 0. The maximum Gasteiger partial charge on any atom is 0.343 e. The molecule has 3 rings (SSSR count). The van der Waals surface area contributed by atoms with E-state index in [0.717, 1.165) is 0 Å². The number of aromatic nitrogens is 4. The zero-order chi connectivity index (χ0) is 15.7. The van der Waals surface area contributed by atoms with Gasteiger partial charge in [0.05, 0.1) is 0 Å². The maximum atomic E-state index is 11.0. The van der Waals surface area contributed by atoms with Crippen LogP contribution < -0.4 is 0 Å². The van der Waals surface area contributed by atoms with Crippen LogP contribution in [0.4, 0.5) is 5.82 Å². The van der Waals surface area contributed by atoms with Crippen LogP contribution in [-0.2, 0) is 6.54 Å². The van der Waals surface area contributed by atoms with Crippen LogP contribution in [0, 0.1) is 17.0 Å². The summed E-state index contributed by atoms with van der Waals surface area (Å²) in [6.07, 6.45) is 1.20. The van der Waals surface area contributed by atoms with Crippen molar-refractivity contribution in [2.24, 2.45) is 0 Å². The number of nitro groups is 1. The van der Waals surface area contributed by atoms with Gasteiger partial charge in [0.15, 0.2) is 12.4 Å². The van der Waals surface area contributed by atoms with E-state index >= 15 is 0 Å². The summed E-state index contributed by atoms with van der Waals surface area (Å²) in [6.45, 7) is 1.75. The number of hydrogen-bond acceptors (Lipinski definition) is 6. The molecule has 0 aliphatic heterocycles. The number of imidazole rings is 1. The van der Waals surface area contributed by atoms with Gasteiger partial charge in [-0.3, -0.25) is 0 Å². The summed E-state index contributed by atoms with van der Waals surface area (Å²) in [7, 11) is 0. The molecule has 8 nitrogen and oxygen atoms in total. The Balaban J connectivity index is 1.89. The molecule has 0 spiro atoms. The Labute approximate surface area is 129 Å². The van der Waals surface area contributed by atoms with E-state index in [1.807, 2.05) is 0 Å². The first-order valence-corrected chi connectivity index (χ1v) is 6.67. The molecule has 0 aliphatic carbocycles. The van der Waals surface area contributed by atoms with E-state index in [4.69, 9.17) is 16.0 Å². The zero-order valence-electron chi connectivity index (χ0n) is 11.4. The molecular formula is C13H10ClN5O3. The summed E-state index contributed by atoms with van der Waals surface area (Å²) in [4.78, 5) is 14.4. The van der Waals surface area contributed by atoms with Crippen molar-refractivity contribution in [2.45, 2.75) is 13.5 Å². The highest BCUT2D eigenvalue weighted by molar-refractivity contribution is 6.30. The zero-order valence-corrected chi connectivity index (χ0v) is 12.2. The largest absolute Gasteiger partial charge is 0.416 e. The molecule has 112 valence electrons. The highest BCUT2D eigenvalue weighted by Gasteiger charge is 2.20. The third-order valence-corrected chi connectivity index (χ3v) is 3.29. The van der Waals surface area contributed by atoms with Gasteiger partial charge in [0.25, 0.3) is 5.89 Å². The molecule has 0 saturated carbocycles. The summed E-state index contributed by atoms with van der Waals surface area (Å²) >= 11 is 5.92.